The maximum Gasteiger partial charge on any atom is 0.278 e. The van der Waals surface area contributed by atoms with Crippen molar-refractivity contribution in [1.82, 2.24) is 14.9 Å². The third-order valence-electron chi connectivity index (χ3n) is 5.29. The van der Waals surface area contributed by atoms with E-state index >= 15 is 0 Å². The number of amides is 1. The van der Waals surface area contributed by atoms with Crippen LogP contribution >= 0.6 is 0 Å². The molecule has 3 aromatic rings. The molecule has 0 saturated carbocycles. The zero-order valence-corrected chi connectivity index (χ0v) is 15.8. The van der Waals surface area contributed by atoms with Crippen molar-refractivity contribution in [3.63, 3.8) is 0 Å². The SMILES string of the molecule is COc1ccccc1CC1CCCCN1C(=O)c1nc2ccccc2nc1O. The van der Waals surface area contributed by atoms with E-state index in [2.05, 4.69) is 9.97 Å². The second-order valence-electron chi connectivity index (χ2n) is 7.05. The van der Waals surface area contributed by atoms with Gasteiger partial charge in [0.2, 0.25) is 5.88 Å². The molecule has 2 heterocycles. The highest BCUT2D eigenvalue weighted by Gasteiger charge is 2.31. The van der Waals surface area contributed by atoms with Crippen molar-refractivity contribution >= 4 is 16.9 Å². The zero-order chi connectivity index (χ0) is 19.5. The summed E-state index contributed by atoms with van der Waals surface area (Å²) in [5.74, 6) is 0.245. The van der Waals surface area contributed by atoms with Crippen LogP contribution in [0.1, 0.15) is 35.3 Å². The number of hydrogen-bond acceptors (Lipinski definition) is 5. The van der Waals surface area contributed by atoms with Gasteiger partial charge in [-0.25, -0.2) is 9.97 Å². The predicted octanol–water partition coefficient (Wildman–Crippen LogP) is 3.58. The smallest absolute Gasteiger partial charge is 0.278 e. The summed E-state index contributed by atoms with van der Waals surface area (Å²) in [5, 5.41) is 10.3. The van der Waals surface area contributed by atoms with Gasteiger partial charge in [-0.05, 0) is 49.4 Å². The third-order valence-corrected chi connectivity index (χ3v) is 5.29. The number of aromatic hydroxyl groups is 1. The summed E-state index contributed by atoms with van der Waals surface area (Å²) in [6, 6.07) is 15.1. The first-order chi connectivity index (χ1) is 13.7. The third kappa shape index (κ3) is 3.50. The lowest BCUT2D eigenvalue weighted by Crippen LogP contribution is -2.45. The van der Waals surface area contributed by atoms with E-state index in [-0.39, 0.29) is 23.5 Å². The molecular weight excluding hydrogens is 354 g/mol. The Hall–Kier alpha value is -3.15. The minimum Gasteiger partial charge on any atom is -0.496 e. The summed E-state index contributed by atoms with van der Waals surface area (Å²) in [4.78, 5) is 23.6. The van der Waals surface area contributed by atoms with Gasteiger partial charge in [0, 0.05) is 12.6 Å². The summed E-state index contributed by atoms with van der Waals surface area (Å²) < 4.78 is 5.47. The van der Waals surface area contributed by atoms with Crippen molar-refractivity contribution in [2.75, 3.05) is 13.7 Å². The summed E-state index contributed by atoms with van der Waals surface area (Å²) in [6.07, 6.45) is 3.62. The van der Waals surface area contributed by atoms with Gasteiger partial charge in [-0.15, -0.1) is 0 Å². The Labute approximate surface area is 163 Å². The molecular formula is C22H23N3O3. The Balaban J connectivity index is 1.64. The van der Waals surface area contributed by atoms with E-state index in [9.17, 15) is 9.90 Å². The maximum atomic E-state index is 13.3. The van der Waals surface area contributed by atoms with Gasteiger partial charge in [0.05, 0.1) is 18.1 Å². The fourth-order valence-corrected chi connectivity index (χ4v) is 3.88. The van der Waals surface area contributed by atoms with Gasteiger partial charge in [0.25, 0.3) is 5.91 Å². The molecule has 1 atom stereocenters. The van der Waals surface area contributed by atoms with Gasteiger partial charge >= 0.3 is 0 Å². The van der Waals surface area contributed by atoms with Gasteiger partial charge < -0.3 is 14.7 Å². The topological polar surface area (TPSA) is 75.5 Å². The highest BCUT2D eigenvalue weighted by Crippen LogP contribution is 2.28. The standard InChI is InChI=1S/C22H23N3O3/c1-28-19-12-5-2-8-15(19)14-16-9-6-7-13-25(16)22(27)20-21(26)24-18-11-4-3-10-17(18)23-20/h2-5,8,10-12,16H,6-7,9,13-14H2,1H3,(H,24,26). The summed E-state index contributed by atoms with van der Waals surface area (Å²) in [5.41, 5.74) is 2.26. The fourth-order valence-electron chi connectivity index (χ4n) is 3.88. The van der Waals surface area contributed by atoms with Crippen molar-refractivity contribution in [2.45, 2.75) is 31.7 Å². The molecule has 0 radical (unpaired) electrons. The Morgan fingerprint density at radius 1 is 1.11 bits per heavy atom. The number of carbonyl (C=O) groups excluding carboxylic acids is 1. The van der Waals surface area contributed by atoms with E-state index in [1.807, 2.05) is 41.3 Å². The molecule has 4 rings (SSSR count). The number of benzene rings is 2. The Morgan fingerprint density at radius 2 is 1.82 bits per heavy atom. The van der Waals surface area contributed by atoms with Crippen LogP contribution in [0.4, 0.5) is 0 Å². The molecule has 1 amide bonds. The highest BCUT2D eigenvalue weighted by molar-refractivity contribution is 5.96. The first-order valence-corrected chi connectivity index (χ1v) is 9.56. The number of nitrogens with zero attached hydrogens (tertiary/aromatic N) is 3. The number of likely N-dealkylation sites (tertiary alicyclic amines) is 1. The lowest BCUT2D eigenvalue weighted by molar-refractivity contribution is 0.0603. The van der Waals surface area contributed by atoms with Crippen LogP contribution in [0.3, 0.4) is 0 Å². The van der Waals surface area contributed by atoms with Crippen LogP contribution in [0.5, 0.6) is 11.6 Å². The number of carbonyl (C=O) groups is 1. The van der Waals surface area contributed by atoms with Crippen LogP contribution < -0.4 is 4.74 Å². The molecule has 1 N–H and O–H groups in total. The molecule has 2 aromatic carbocycles. The van der Waals surface area contributed by atoms with E-state index in [4.69, 9.17) is 4.74 Å². The van der Waals surface area contributed by atoms with Crippen LogP contribution in [-0.2, 0) is 6.42 Å². The normalized spacial score (nSPS) is 16.9. The van der Waals surface area contributed by atoms with Gasteiger partial charge in [-0.3, -0.25) is 4.79 Å². The Kier molecular flexibility index (Phi) is 5.10. The highest BCUT2D eigenvalue weighted by atomic mass is 16.5. The Bertz CT molecular complexity index is 1010. The quantitative estimate of drug-likeness (QED) is 0.752. The van der Waals surface area contributed by atoms with Gasteiger partial charge in [-0.1, -0.05) is 30.3 Å². The number of rotatable bonds is 4. The maximum absolute atomic E-state index is 13.3. The molecule has 28 heavy (non-hydrogen) atoms. The van der Waals surface area contributed by atoms with E-state index in [1.54, 1.807) is 19.2 Å². The molecule has 6 heteroatoms. The fraction of sp³-hybridized carbons (Fsp3) is 0.318. The second-order valence-corrected chi connectivity index (χ2v) is 7.05. The van der Waals surface area contributed by atoms with Gasteiger partial charge in [-0.2, -0.15) is 0 Å². The van der Waals surface area contributed by atoms with Crippen LogP contribution in [0.15, 0.2) is 48.5 Å². The minimum absolute atomic E-state index is 0.0191. The molecule has 1 aliphatic heterocycles. The average Bonchev–Trinajstić information content (AvgIpc) is 2.73. The van der Waals surface area contributed by atoms with Crippen molar-refractivity contribution < 1.29 is 14.6 Å². The van der Waals surface area contributed by atoms with Gasteiger partial charge in [0.1, 0.15) is 5.75 Å². The molecule has 6 nitrogen and oxygen atoms in total. The molecule has 1 saturated heterocycles. The number of hydrogen-bond donors (Lipinski definition) is 1. The number of para-hydroxylation sites is 3. The molecule has 0 spiro atoms. The van der Waals surface area contributed by atoms with E-state index in [0.717, 1.165) is 30.6 Å². The molecule has 1 aromatic heterocycles. The number of aromatic nitrogens is 2. The molecule has 1 unspecified atom stereocenters. The molecule has 144 valence electrons. The number of ether oxygens (including phenoxy) is 1. The second kappa shape index (κ2) is 7.84. The number of piperidine rings is 1. The van der Waals surface area contributed by atoms with Crippen molar-refractivity contribution in [3.8, 4) is 11.6 Å². The van der Waals surface area contributed by atoms with Crippen molar-refractivity contribution in [2.24, 2.45) is 0 Å². The monoisotopic (exact) mass is 377 g/mol. The predicted molar refractivity (Wildman–Crippen MR) is 107 cm³/mol. The lowest BCUT2D eigenvalue weighted by atomic mass is 9.94. The first-order valence-electron chi connectivity index (χ1n) is 9.56. The minimum atomic E-state index is -0.315. The molecule has 0 aliphatic carbocycles. The summed E-state index contributed by atoms with van der Waals surface area (Å²) >= 11 is 0. The Morgan fingerprint density at radius 3 is 2.61 bits per heavy atom. The summed E-state index contributed by atoms with van der Waals surface area (Å²) in [7, 11) is 1.66. The number of methoxy groups -OCH3 is 1. The van der Waals surface area contributed by atoms with Crippen LogP contribution in [-0.4, -0.2) is 45.6 Å². The van der Waals surface area contributed by atoms with Crippen LogP contribution in [0.2, 0.25) is 0 Å². The molecule has 0 bridgehead atoms. The van der Waals surface area contributed by atoms with Crippen LogP contribution in [0.25, 0.3) is 11.0 Å². The average molecular weight is 377 g/mol. The number of fused-ring (bicyclic) bond motifs is 1. The summed E-state index contributed by atoms with van der Waals surface area (Å²) in [6.45, 7) is 0.645. The van der Waals surface area contributed by atoms with Crippen molar-refractivity contribution in [1.29, 1.82) is 0 Å². The van der Waals surface area contributed by atoms with Gasteiger partial charge in [0.15, 0.2) is 5.69 Å². The van der Waals surface area contributed by atoms with E-state index in [1.165, 1.54) is 0 Å². The first kappa shape index (κ1) is 18.2. The zero-order valence-electron chi connectivity index (χ0n) is 15.8. The van der Waals surface area contributed by atoms with Crippen LogP contribution in [0, 0.1) is 0 Å². The molecule has 1 fully saturated rings. The van der Waals surface area contributed by atoms with E-state index in [0.29, 0.717) is 24.0 Å². The van der Waals surface area contributed by atoms with E-state index < -0.39 is 0 Å². The largest absolute Gasteiger partial charge is 0.496 e. The lowest BCUT2D eigenvalue weighted by Gasteiger charge is -2.36. The van der Waals surface area contributed by atoms with Crippen molar-refractivity contribution in [3.05, 3.63) is 59.8 Å². The molecule has 1 aliphatic rings.